The fourth-order valence-electron chi connectivity index (χ4n) is 2.24. The van der Waals surface area contributed by atoms with E-state index in [0.717, 1.165) is 16.7 Å². The molecule has 0 radical (unpaired) electrons. The number of benzene rings is 1. The van der Waals surface area contributed by atoms with Gasteiger partial charge in [-0.2, -0.15) is 0 Å². The van der Waals surface area contributed by atoms with Gasteiger partial charge in [0.05, 0.1) is 0 Å². The molecule has 0 bridgehead atoms. The van der Waals surface area contributed by atoms with Gasteiger partial charge in [-0.05, 0) is 43.0 Å². The molecule has 0 saturated heterocycles. The van der Waals surface area contributed by atoms with Gasteiger partial charge in [0.15, 0.2) is 0 Å². The molecule has 0 spiro atoms. The van der Waals surface area contributed by atoms with Gasteiger partial charge in [0.2, 0.25) is 0 Å². The summed E-state index contributed by atoms with van der Waals surface area (Å²) < 4.78 is 0. The fraction of sp³-hybridized carbons (Fsp3) is 0.538. The zero-order chi connectivity index (χ0) is 11.4. The second-order valence-electron chi connectivity index (χ2n) is 4.47. The number of rotatable bonds is 4. The molecule has 2 N–H and O–H groups in total. The van der Waals surface area contributed by atoms with Gasteiger partial charge in [-0.1, -0.05) is 24.4 Å². The Morgan fingerprint density at radius 3 is 2.50 bits per heavy atom. The van der Waals surface area contributed by atoms with Crippen molar-refractivity contribution in [3.05, 3.63) is 29.3 Å². The first kappa shape index (κ1) is 12.3. The lowest BCUT2D eigenvalue weighted by Crippen LogP contribution is -2.30. The molecular weight excluding hydrogens is 238 g/mol. The molecular formula is C13H18ClNS. The van der Waals surface area contributed by atoms with Crippen molar-refractivity contribution < 1.29 is 0 Å². The molecule has 88 valence electrons. The van der Waals surface area contributed by atoms with E-state index in [0.29, 0.717) is 6.04 Å². The second kappa shape index (κ2) is 5.95. The summed E-state index contributed by atoms with van der Waals surface area (Å²) in [6, 6.07) is 8.35. The highest BCUT2D eigenvalue weighted by Crippen LogP contribution is 2.30. The number of hydrogen-bond acceptors (Lipinski definition) is 2. The normalized spacial score (nSPS) is 18.9. The Morgan fingerprint density at radius 2 is 1.88 bits per heavy atom. The van der Waals surface area contributed by atoms with Gasteiger partial charge in [-0.15, -0.1) is 11.8 Å². The summed E-state index contributed by atoms with van der Waals surface area (Å²) in [5.74, 6) is 1.77. The summed E-state index contributed by atoms with van der Waals surface area (Å²) in [5.41, 5.74) is 6.21. The Kier molecular flexibility index (Phi) is 4.56. The molecule has 1 saturated carbocycles. The van der Waals surface area contributed by atoms with E-state index in [2.05, 4.69) is 12.1 Å². The summed E-state index contributed by atoms with van der Waals surface area (Å²) in [5, 5.41) is 0.796. The van der Waals surface area contributed by atoms with Crippen molar-refractivity contribution in [2.75, 3.05) is 5.75 Å². The molecule has 0 amide bonds. The lowest BCUT2D eigenvalue weighted by molar-refractivity contribution is 0.463. The molecule has 0 aliphatic heterocycles. The van der Waals surface area contributed by atoms with Crippen LogP contribution in [0.4, 0.5) is 0 Å². The maximum atomic E-state index is 6.21. The van der Waals surface area contributed by atoms with E-state index >= 15 is 0 Å². The highest BCUT2D eigenvalue weighted by atomic mass is 35.5. The number of nitrogens with two attached hydrogens (primary N) is 1. The molecule has 0 heterocycles. The van der Waals surface area contributed by atoms with Gasteiger partial charge < -0.3 is 5.73 Å². The molecule has 3 heteroatoms. The predicted octanol–water partition coefficient (Wildman–Crippen LogP) is 3.95. The average Bonchev–Trinajstić information content (AvgIpc) is 2.81. The highest BCUT2D eigenvalue weighted by Gasteiger charge is 2.21. The standard InChI is InChI=1S/C13H18ClNS/c14-11-5-7-12(8-6-11)16-9-13(15)10-3-1-2-4-10/h5-8,10,13H,1-4,9,15H2. The van der Waals surface area contributed by atoms with E-state index in [9.17, 15) is 0 Å². The van der Waals surface area contributed by atoms with Crippen LogP contribution in [0.3, 0.4) is 0 Å². The predicted molar refractivity (Wildman–Crippen MR) is 72.1 cm³/mol. The van der Waals surface area contributed by atoms with E-state index in [1.54, 1.807) is 0 Å². The molecule has 1 aromatic rings. The van der Waals surface area contributed by atoms with Crippen LogP contribution in [0, 0.1) is 5.92 Å². The van der Waals surface area contributed by atoms with Crippen LogP contribution in [0.1, 0.15) is 25.7 Å². The number of halogens is 1. The largest absolute Gasteiger partial charge is 0.327 e. The Labute approximate surface area is 107 Å². The highest BCUT2D eigenvalue weighted by molar-refractivity contribution is 7.99. The van der Waals surface area contributed by atoms with E-state index in [-0.39, 0.29) is 0 Å². The molecule has 16 heavy (non-hydrogen) atoms. The topological polar surface area (TPSA) is 26.0 Å². The molecule has 1 aliphatic rings. The van der Waals surface area contributed by atoms with Crippen molar-refractivity contribution in [3.63, 3.8) is 0 Å². The lowest BCUT2D eigenvalue weighted by atomic mass is 10.0. The fourth-order valence-corrected chi connectivity index (χ4v) is 3.36. The maximum absolute atomic E-state index is 6.21. The Hall–Kier alpha value is -0.180. The third-order valence-electron chi connectivity index (χ3n) is 3.26. The summed E-state index contributed by atoms with van der Waals surface area (Å²) in [7, 11) is 0. The van der Waals surface area contributed by atoms with Gasteiger partial charge in [0.1, 0.15) is 0 Å². The smallest absolute Gasteiger partial charge is 0.0406 e. The molecule has 1 nitrogen and oxygen atoms in total. The zero-order valence-corrected chi connectivity index (χ0v) is 10.9. The van der Waals surface area contributed by atoms with E-state index < -0.39 is 0 Å². The monoisotopic (exact) mass is 255 g/mol. The average molecular weight is 256 g/mol. The molecule has 1 aliphatic carbocycles. The lowest BCUT2D eigenvalue weighted by Gasteiger charge is -2.18. The van der Waals surface area contributed by atoms with Crippen LogP contribution in [0.5, 0.6) is 0 Å². The van der Waals surface area contributed by atoms with Crippen molar-refractivity contribution in [1.29, 1.82) is 0 Å². The molecule has 1 unspecified atom stereocenters. The summed E-state index contributed by atoms with van der Waals surface area (Å²) in [4.78, 5) is 1.26. The molecule has 2 rings (SSSR count). The number of thioether (sulfide) groups is 1. The minimum atomic E-state index is 0.350. The molecule has 1 aromatic carbocycles. The molecule has 0 aromatic heterocycles. The second-order valence-corrected chi connectivity index (χ2v) is 6.00. The van der Waals surface area contributed by atoms with Crippen LogP contribution in [0.2, 0.25) is 5.02 Å². The SMILES string of the molecule is NC(CSc1ccc(Cl)cc1)C1CCCC1. The van der Waals surface area contributed by atoms with Crippen LogP contribution in [0.15, 0.2) is 29.2 Å². The molecule has 1 fully saturated rings. The van der Waals surface area contributed by atoms with Crippen LogP contribution in [-0.2, 0) is 0 Å². The number of hydrogen-bond donors (Lipinski definition) is 1. The van der Waals surface area contributed by atoms with Crippen molar-refractivity contribution >= 4 is 23.4 Å². The third-order valence-corrected chi connectivity index (χ3v) is 4.67. The first-order valence-electron chi connectivity index (χ1n) is 5.89. The van der Waals surface area contributed by atoms with Crippen molar-refractivity contribution in [2.45, 2.75) is 36.6 Å². The maximum Gasteiger partial charge on any atom is 0.0406 e. The van der Waals surface area contributed by atoms with Crippen molar-refractivity contribution in [3.8, 4) is 0 Å². The van der Waals surface area contributed by atoms with Crippen molar-refractivity contribution in [1.82, 2.24) is 0 Å². The van der Waals surface area contributed by atoms with Crippen LogP contribution >= 0.6 is 23.4 Å². The van der Waals surface area contributed by atoms with Gasteiger partial charge in [-0.3, -0.25) is 0 Å². The van der Waals surface area contributed by atoms with E-state index in [1.165, 1.54) is 30.6 Å². The minimum absolute atomic E-state index is 0.350. The van der Waals surface area contributed by atoms with Crippen molar-refractivity contribution in [2.24, 2.45) is 11.7 Å². The Morgan fingerprint density at radius 1 is 1.25 bits per heavy atom. The van der Waals surface area contributed by atoms with Crippen LogP contribution in [0.25, 0.3) is 0 Å². The quantitative estimate of drug-likeness (QED) is 0.825. The van der Waals surface area contributed by atoms with Gasteiger partial charge in [-0.25, -0.2) is 0 Å². The van der Waals surface area contributed by atoms with Gasteiger partial charge in [0, 0.05) is 21.7 Å². The van der Waals surface area contributed by atoms with Gasteiger partial charge in [0.25, 0.3) is 0 Å². The Balaban J connectivity index is 1.80. The summed E-state index contributed by atoms with van der Waals surface area (Å²) in [6.45, 7) is 0. The summed E-state index contributed by atoms with van der Waals surface area (Å²) in [6.07, 6.45) is 5.37. The Bertz CT molecular complexity index is 319. The van der Waals surface area contributed by atoms with Crippen LogP contribution < -0.4 is 5.73 Å². The van der Waals surface area contributed by atoms with Gasteiger partial charge >= 0.3 is 0 Å². The first-order chi connectivity index (χ1) is 7.75. The van der Waals surface area contributed by atoms with E-state index in [4.69, 9.17) is 17.3 Å². The van der Waals surface area contributed by atoms with E-state index in [1.807, 2.05) is 23.9 Å². The first-order valence-corrected chi connectivity index (χ1v) is 7.26. The zero-order valence-electron chi connectivity index (χ0n) is 9.36. The van der Waals surface area contributed by atoms with Crippen LogP contribution in [-0.4, -0.2) is 11.8 Å². The minimum Gasteiger partial charge on any atom is -0.327 e. The third kappa shape index (κ3) is 3.41. The summed E-state index contributed by atoms with van der Waals surface area (Å²) >= 11 is 7.68. The molecule has 1 atom stereocenters.